The van der Waals surface area contributed by atoms with Gasteiger partial charge in [-0.2, -0.15) is 0 Å². The second kappa shape index (κ2) is 6.87. The number of ether oxygens (including phenoxy) is 1. The Kier molecular flexibility index (Phi) is 5.79. The summed E-state index contributed by atoms with van der Waals surface area (Å²) in [5, 5.41) is 0.800. The van der Waals surface area contributed by atoms with Gasteiger partial charge in [-0.25, -0.2) is 0 Å². The first kappa shape index (κ1) is 14.3. The third-order valence-electron chi connectivity index (χ3n) is 2.56. The Labute approximate surface area is 109 Å². The van der Waals surface area contributed by atoms with E-state index in [1.165, 1.54) is 0 Å². The summed E-state index contributed by atoms with van der Waals surface area (Å²) in [6.07, 6.45) is 1.88. The molecule has 0 aliphatic heterocycles. The average molecular weight is 256 g/mol. The zero-order valence-corrected chi connectivity index (χ0v) is 11.7. The van der Waals surface area contributed by atoms with Gasteiger partial charge < -0.3 is 10.5 Å². The van der Waals surface area contributed by atoms with Crippen LogP contribution < -0.4 is 10.5 Å². The highest BCUT2D eigenvalue weighted by Crippen LogP contribution is 2.28. The van der Waals surface area contributed by atoms with E-state index in [4.69, 9.17) is 22.1 Å². The van der Waals surface area contributed by atoms with Crippen molar-refractivity contribution >= 4 is 11.6 Å². The Morgan fingerprint density at radius 1 is 1.35 bits per heavy atom. The SMILES string of the molecule is Cc1cc(OCC(C)C)c(CCCN)cc1Cl. The highest BCUT2D eigenvalue weighted by atomic mass is 35.5. The predicted octanol–water partition coefficient (Wildman–Crippen LogP) is 3.57. The molecule has 0 aliphatic rings. The van der Waals surface area contributed by atoms with Crippen molar-refractivity contribution in [3.05, 3.63) is 28.3 Å². The quantitative estimate of drug-likeness (QED) is 0.843. The number of benzene rings is 1. The fourth-order valence-electron chi connectivity index (χ4n) is 1.57. The molecule has 0 bridgehead atoms. The van der Waals surface area contributed by atoms with Crippen molar-refractivity contribution < 1.29 is 4.74 Å². The summed E-state index contributed by atoms with van der Waals surface area (Å²) in [6.45, 7) is 7.70. The molecule has 0 spiro atoms. The van der Waals surface area contributed by atoms with E-state index >= 15 is 0 Å². The molecule has 2 N–H and O–H groups in total. The van der Waals surface area contributed by atoms with Crippen LogP contribution in [0.3, 0.4) is 0 Å². The molecule has 2 nitrogen and oxygen atoms in total. The Hall–Kier alpha value is -0.730. The van der Waals surface area contributed by atoms with E-state index in [1.54, 1.807) is 0 Å². The van der Waals surface area contributed by atoms with Crippen LogP contribution in [0.25, 0.3) is 0 Å². The summed E-state index contributed by atoms with van der Waals surface area (Å²) in [6, 6.07) is 4.03. The summed E-state index contributed by atoms with van der Waals surface area (Å²) in [5.74, 6) is 1.47. The average Bonchev–Trinajstić information content (AvgIpc) is 2.28. The topological polar surface area (TPSA) is 35.2 Å². The first-order chi connectivity index (χ1) is 8.04. The van der Waals surface area contributed by atoms with Gasteiger partial charge in [0, 0.05) is 5.02 Å². The predicted molar refractivity (Wildman–Crippen MR) is 73.9 cm³/mol. The van der Waals surface area contributed by atoms with Crippen molar-refractivity contribution in [3.8, 4) is 5.75 Å². The molecule has 0 fully saturated rings. The first-order valence-corrected chi connectivity index (χ1v) is 6.54. The van der Waals surface area contributed by atoms with Gasteiger partial charge in [-0.1, -0.05) is 25.4 Å². The Morgan fingerprint density at radius 3 is 2.65 bits per heavy atom. The largest absolute Gasteiger partial charge is 0.493 e. The molecule has 1 rings (SSSR count). The van der Waals surface area contributed by atoms with Gasteiger partial charge in [-0.15, -0.1) is 0 Å². The second-order valence-electron chi connectivity index (χ2n) is 4.81. The summed E-state index contributed by atoms with van der Waals surface area (Å²) >= 11 is 6.14. The van der Waals surface area contributed by atoms with Gasteiger partial charge in [0.2, 0.25) is 0 Å². The summed E-state index contributed by atoms with van der Waals surface area (Å²) < 4.78 is 5.83. The van der Waals surface area contributed by atoms with Crippen LogP contribution in [0.2, 0.25) is 5.02 Å². The van der Waals surface area contributed by atoms with Gasteiger partial charge in [-0.3, -0.25) is 0 Å². The highest BCUT2D eigenvalue weighted by molar-refractivity contribution is 6.31. The number of hydrogen-bond donors (Lipinski definition) is 1. The first-order valence-electron chi connectivity index (χ1n) is 6.16. The zero-order chi connectivity index (χ0) is 12.8. The number of rotatable bonds is 6. The van der Waals surface area contributed by atoms with Crippen molar-refractivity contribution in [2.24, 2.45) is 11.7 Å². The van der Waals surface area contributed by atoms with Crippen molar-refractivity contribution in [2.75, 3.05) is 13.2 Å². The number of aryl methyl sites for hydroxylation is 2. The van der Waals surface area contributed by atoms with E-state index in [-0.39, 0.29) is 0 Å². The summed E-state index contributed by atoms with van der Waals surface area (Å²) in [5.41, 5.74) is 7.76. The van der Waals surface area contributed by atoms with Gasteiger partial charge >= 0.3 is 0 Å². The fraction of sp³-hybridized carbons (Fsp3) is 0.571. The normalized spacial score (nSPS) is 10.9. The van der Waals surface area contributed by atoms with Gasteiger partial charge in [0.15, 0.2) is 0 Å². The molecular weight excluding hydrogens is 234 g/mol. The van der Waals surface area contributed by atoms with Crippen LogP contribution in [0, 0.1) is 12.8 Å². The summed E-state index contributed by atoms with van der Waals surface area (Å²) in [4.78, 5) is 0. The van der Waals surface area contributed by atoms with Crippen LogP contribution in [0.15, 0.2) is 12.1 Å². The third-order valence-corrected chi connectivity index (χ3v) is 2.97. The molecule has 17 heavy (non-hydrogen) atoms. The van der Waals surface area contributed by atoms with Crippen LogP contribution in [0.4, 0.5) is 0 Å². The lowest BCUT2D eigenvalue weighted by Crippen LogP contribution is -2.07. The fourth-order valence-corrected chi connectivity index (χ4v) is 1.76. The molecule has 0 atom stereocenters. The van der Waals surface area contributed by atoms with Crippen LogP contribution in [-0.4, -0.2) is 13.2 Å². The van der Waals surface area contributed by atoms with Crippen molar-refractivity contribution in [1.29, 1.82) is 0 Å². The number of halogens is 1. The molecule has 0 saturated carbocycles. The third kappa shape index (κ3) is 4.57. The van der Waals surface area contributed by atoms with Gasteiger partial charge in [0.25, 0.3) is 0 Å². The minimum Gasteiger partial charge on any atom is -0.493 e. The van der Waals surface area contributed by atoms with E-state index in [0.717, 1.165) is 41.3 Å². The minimum absolute atomic E-state index is 0.522. The molecule has 0 radical (unpaired) electrons. The van der Waals surface area contributed by atoms with E-state index in [2.05, 4.69) is 13.8 Å². The van der Waals surface area contributed by atoms with Crippen molar-refractivity contribution in [1.82, 2.24) is 0 Å². The van der Waals surface area contributed by atoms with E-state index in [1.807, 2.05) is 19.1 Å². The van der Waals surface area contributed by atoms with Crippen molar-refractivity contribution in [3.63, 3.8) is 0 Å². The minimum atomic E-state index is 0.522. The van der Waals surface area contributed by atoms with Crippen LogP contribution in [0.1, 0.15) is 31.4 Å². The number of hydrogen-bond acceptors (Lipinski definition) is 2. The lowest BCUT2D eigenvalue weighted by molar-refractivity contribution is 0.268. The van der Waals surface area contributed by atoms with E-state index in [0.29, 0.717) is 12.5 Å². The molecule has 3 heteroatoms. The molecule has 0 saturated heterocycles. The van der Waals surface area contributed by atoms with Gasteiger partial charge in [0.05, 0.1) is 6.61 Å². The molecule has 0 heterocycles. The standard InChI is InChI=1S/C14H22ClNO/c1-10(2)9-17-14-7-11(3)13(15)8-12(14)5-4-6-16/h7-8,10H,4-6,9,16H2,1-3H3. The molecule has 0 aromatic heterocycles. The van der Waals surface area contributed by atoms with Crippen molar-refractivity contribution in [2.45, 2.75) is 33.6 Å². The lowest BCUT2D eigenvalue weighted by atomic mass is 10.1. The van der Waals surface area contributed by atoms with Crippen LogP contribution >= 0.6 is 11.6 Å². The van der Waals surface area contributed by atoms with Crippen LogP contribution in [-0.2, 0) is 6.42 Å². The maximum absolute atomic E-state index is 6.14. The zero-order valence-electron chi connectivity index (χ0n) is 10.9. The Morgan fingerprint density at radius 2 is 2.06 bits per heavy atom. The number of nitrogens with two attached hydrogens (primary N) is 1. The van der Waals surface area contributed by atoms with Gasteiger partial charge in [-0.05, 0) is 55.5 Å². The molecule has 1 aromatic carbocycles. The monoisotopic (exact) mass is 255 g/mol. The maximum atomic E-state index is 6.14. The molecule has 96 valence electrons. The molecule has 0 amide bonds. The maximum Gasteiger partial charge on any atom is 0.122 e. The Bertz CT molecular complexity index is 363. The van der Waals surface area contributed by atoms with Crippen LogP contribution in [0.5, 0.6) is 5.75 Å². The smallest absolute Gasteiger partial charge is 0.122 e. The molecule has 0 aliphatic carbocycles. The highest BCUT2D eigenvalue weighted by Gasteiger charge is 2.08. The molecular formula is C14H22ClNO. The summed E-state index contributed by atoms with van der Waals surface area (Å²) in [7, 11) is 0. The molecule has 0 unspecified atom stereocenters. The molecule has 1 aromatic rings. The van der Waals surface area contributed by atoms with E-state index < -0.39 is 0 Å². The second-order valence-corrected chi connectivity index (χ2v) is 5.21. The Balaban J connectivity index is 2.86. The lowest BCUT2D eigenvalue weighted by Gasteiger charge is -2.14. The van der Waals surface area contributed by atoms with Gasteiger partial charge in [0.1, 0.15) is 5.75 Å². The van der Waals surface area contributed by atoms with E-state index in [9.17, 15) is 0 Å².